The molecule has 20 heavy (non-hydrogen) atoms. The Morgan fingerprint density at radius 2 is 1.95 bits per heavy atom. The topological polar surface area (TPSA) is 72.2 Å². The van der Waals surface area contributed by atoms with E-state index in [0.717, 1.165) is 24.8 Å². The molecule has 0 heterocycles. The van der Waals surface area contributed by atoms with E-state index in [-0.39, 0.29) is 10.9 Å². The van der Waals surface area contributed by atoms with Crippen molar-refractivity contribution in [2.24, 2.45) is 11.8 Å². The van der Waals surface area contributed by atoms with E-state index >= 15 is 0 Å². The van der Waals surface area contributed by atoms with Crippen LogP contribution in [0.2, 0.25) is 0 Å². The SMILES string of the molecule is Cc1ccc(S(=O)(=O)NC2CCC(C)CC2C)cc1N. The van der Waals surface area contributed by atoms with Crippen LogP contribution in [0, 0.1) is 18.8 Å². The highest BCUT2D eigenvalue weighted by Crippen LogP contribution is 2.29. The summed E-state index contributed by atoms with van der Waals surface area (Å²) < 4.78 is 27.7. The second kappa shape index (κ2) is 5.74. The molecule has 2 rings (SSSR count). The van der Waals surface area contributed by atoms with Crippen molar-refractivity contribution in [2.45, 2.75) is 51.0 Å². The lowest BCUT2D eigenvalue weighted by atomic mass is 9.80. The molecule has 1 saturated carbocycles. The van der Waals surface area contributed by atoms with Crippen LogP contribution in [0.1, 0.15) is 38.7 Å². The fourth-order valence-corrected chi connectivity index (χ4v) is 4.31. The Labute approximate surface area is 121 Å². The molecule has 5 heteroatoms. The minimum Gasteiger partial charge on any atom is -0.398 e. The van der Waals surface area contributed by atoms with Crippen LogP contribution >= 0.6 is 0 Å². The Bertz CT molecular complexity index is 584. The fraction of sp³-hybridized carbons (Fsp3) is 0.600. The standard InChI is InChI=1S/C15H24N2O2S/c1-10-4-7-15(12(3)8-10)17-20(18,19)13-6-5-11(2)14(16)9-13/h5-6,9-10,12,15,17H,4,7-8,16H2,1-3H3. The van der Waals surface area contributed by atoms with E-state index in [0.29, 0.717) is 17.5 Å². The van der Waals surface area contributed by atoms with Crippen molar-refractivity contribution in [1.29, 1.82) is 0 Å². The van der Waals surface area contributed by atoms with Crippen LogP contribution in [0.3, 0.4) is 0 Å². The van der Waals surface area contributed by atoms with E-state index in [1.807, 2.05) is 6.92 Å². The monoisotopic (exact) mass is 296 g/mol. The molecule has 0 radical (unpaired) electrons. The van der Waals surface area contributed by atoms with Crippen molar-refractivity contribution in [2.75, 3.05) is 5.73 Å². The van der Waals surface area contributed by atoms with Crippen LogP contribution in [0.5, 0.6) is 0 Å². The van der Waals surface area contributed by atoms with Crippen LogP contribution in [-0.4, -0.2) is 14.5 Å². The third-order valence-electron chi connectivity index (χ3n) is 4.30. The molecule has 1 aliphatic rings. The summed E-state index contributed by atoms with van der Waals surface area (Å²) in [5, 5.41) is 0. The molecule has 1 aromatic carbocycles. The molecule has 3 atom stereocenters. The quantitative estimate of drug-likeness (QED) is 0.842. The van der Waals surface area contributed by atoms with Gasteiger partial charge in [-0.15, -0.1) is 0 Å². The van der Waals surface area contributed by atoms with Crippen molar-refractivity contribution in [1.82, 2.24) is 4.72 Å². The van der Waals surface area contributed by atoms with Gasteiger partial charge in [0, 0.05) is 11.7 Å². The molecule has 112 valence electrons. The minimum absolute atomic E-state index is 0.0266. The molecule has 0 aromatic heterocycles. The number of rotatable bonds is 3. The third-order valence-corrected chi connectivity index (χ3v) is 5.79. The van der Waals surface area contributed by atoms with Gasteiger partial charge in [-0.05, 0) is 55.7 Å². The van der Waals surface area contributed by atoms with E-state index in [1.165, 1.54) is 6.07 Å². The molecule has 0 saturated heterocycles. The first-order valence-corrected chi connectivity index (χ1v) is 8.66. The summed E-state index contributed by atoms with van der Waals surface area (Å²) in [7, 11) is -3.48. The Balaban J connectivity index is 2.16. The van der Waals surface area contributed by atoms with Gasteiger partial charge in [0.15, 0.2) is 0 Å². The van der Waals surface area contributed by atoms with E-state index in [9.17, 15) is 8.42 Å². The first-order chi connectivity index (χ1) is 9.29. The van der Waals surface area contributed by atoms with Crippen LogP contribution < -0.4 is 10.5 Å². The van der Waals surface area contributed by atoms with Crippen molar-refractivity contribution >= 4 is 15.7 Å². The zero-order chi connectivity index (χ0) is 14.9. The first kappa shape index (κ1) is 15.3. The highest BCUT2D eigenvalue weighted by atomic mass is 32.2. The van der Waals surface area contributed by atoms with E-state index in [2.05, 4.69) is 18.6 Å². The maximum atomic E-state index is 12.4. The van der Waals surface area contributed by atoms with Gasteiger partial charge in [0.1, 0.15) is 0 Å². The van der Waals surface area contributed by atoms with Crippen molar-refractivity contribution in [3.63, 3.8) is 0 Å². The maximum absolute atomic E-state index is 12.4. The van der Waals surface area contributed by atoms with Gasteiger partial charge < -0.3 is 5.73 Å². The average molecular weight is 296 g/mol. The lowest BCUT2D eigenvalue weighted by Gasteiger charge is -2.32. The van der Waals surface area contributed by atoms with Gasteiger partial charge in [-0.25, -0.2) is 13.1 Å². The highest BCUT2D eigenvalue weighted by Gasteiger charge is 2.29. The average Bonchev–Trinajstić information content (AvgIpc) is 2.36. The predicted octanol–water partition coefficient (Wildman–Crippen LogP) is 2.68. The van der Waals surface area contributed by atoms with Crippen LogP contribution in [0.15, 0.2) is 23.1 Å². The largest absolute Gasteiger partial charge is 0.398 e. The summed E-state index contributed by atoms with van der Waals surface area (Å²) in [5.41, 5.74) is 7.21. The smallest absolute Gasteiger partial charge is 0.240 e. The van der Waals surface area contributed by atoms with Crippen LogP contribution in [-0.2, 0) is 10.0 Å². The summed E-state index contributed by atoms with van der Waals surface area (Å²) in [6, 6.07) is 4.92. The summed E-state index contributed by atoms with van der Waals surface area (Å²) in [6.45, 7) is 6.21. The van der Waals surface area contributed by atoms with Crippen molar-refractivity contribution in [3.05, 3.63) is 23.8 Å². The molecule has 3 unspecified atom stereocenters. The van der Waals surface area contributed by atoms with E-state index in [1.54, 1.807) is 12.1 Å². The molecule has 1 fully saturated rings. The third kappa shape index (κ3) is 3.33. The van der Waals surface area contributed by atoms with Crippen molar-refractivity contribution < 1.29 is 8.42 Å². The summed E-state index contributed by atoms with van der Waals surface area (Å²) >= 11 is 0. The Morgan fingerprint density at radius 3 is 2.55 bits per heavy atom. The lowest BCUT2D eigenvalue weighted by molar-refractivity contribution is 0.249. The second-order valence-corrected chi connectivity index (χ2v) is 7.86. The van der Waals surface area contributed by atoms with Gasteiger partial charge in [0.05, 0.1) is 4.90 Å². The molecule has 1 aliphatic carbocycles. The Kier molecular flexibility index (Phi) is 4.39. The van der Waals surface area contributed by atoms with Crippen LogP contribution in [0.25, 0.3) is 0 Å². The number of anilines is 1. The maximum Gasteiger partial charge on any atom is 0.240 e. The number of sulfonamides is 1. The zero-order valence-corrected chi connectivity index (χ0v) is 13.2. The summed E-state index contributed by atoms with van der Waals surface area (Å²) in [5.74, 6) is 1.05. The number of hydrogen-bond donors (Lipinski definition) is 2. The highest BCUT2D eigenvalue weighted by molar-refractivity contribution is 7.89. The van der Waals surface area contributed by atoms with Gasteiger partial charge in [-0.1, -0.05) is 19.9 Å². The van der Waals surface area contributed by atoms with Gasteiger partial charge >= 0.3 is 0 Å². The molecule has 3 N–H and O–H groups in total. The van der Waals surface area contributed by atoms with E-state index in [4.69, 9.17) is 5.73 Å². The molecule has 4 nitrogen and oxygen atoms in total. The Hall–Kier alpha value is -1.07. The first-order valence-electron chi connectivity index (χ1n) is 7.18. The normalized spacial score (nSPS) is 27.4. The molecule has 0 spiro atoms. The number of nitrogens with one attached hydrogen (secondary N) is 1. The lowest BCUT2D eigenvalue weighted by Crippen LogP contribution is -2.42. The van der Waals surface area contributed by atoms with Gasteiger partial charge in [0.2, 0.25) is 10.0 Å². The predicted molar refractivity (Wildman–Crippen MR) is 81.9 cm³/mol. The number of benzene rings is 1. The number of hydrogen-bond acceptors (Lipinski definition) is 3. The zero-order valence-electron chi connectivity index (χ0n) is 12.4. The van der Waals surface area contributed by atoms with E-state index < -0.39 is 10.0 Å². The second-order valence-electron chi connectivity index (χ2n) is 6.14. The van der Waals surface area contributed by atoms with Gasteiger partial charge in [0.25, 0.3) is 0 Å². The minimum atomic E-state index is -3.48. The number of aryl methyl sites for hydroxylation is 1. The molecule has 0 bridgehead atoms. The van der Waals surface area contributed by atoms with Gasteiger partial charge in [-0.2, -0.15) is 0 Å². The molecule has 1 aromatic rings. The summed E-state index contributed by atoms with van der Waals surface area (Å²) in [4.78, 5) is 0.256. The molecular formula is C15H24N2O2S. The van der Waals surface area contributed by atoms with Gasteiger partial charge in [-0.3, -0.25) is 0 Å². The molecule has 0 amide bonds. The van der Waals surface area contributed by atoms with Crippen LogP contribution in [0.4, 0.5) is 5.69 Å². The molecular weight excluding hydrogens is 272 g/mol. The molecule has 0 aliphatic heterocycles. The van der Waals surface area contributed by atoms with Crippen molar-refractivity contribution in [3.8, 4) is 0 Å². The number of nitrogen functional groups attached to an aromatic ring is 1. The summed E-state index contributed by atoms with van der Waals surface area (Å²) in [6.07, 6.45) is 3.06. The number of nitrogens with two attached hydrogens (primary N) is 1. The fourth-order valence-electron chi connectivity index (χ4n) is 2.89. The Morgan fingerprint density at radius 1 is 1.25 bits per heavy atom.